The summed E-state index contributed by atoms with van der Waals surface area (Å²) in [5.74, 6) is -1.39. The lowest BCUT2D eigenvalue weighted by Crippen LogP contribution is -2.51. The zero-order valence-corrected chi connectivity index (χ0v) is 18.9. The van der Waals surface area contributed by atoms with Crippen LogP contribution < -0.4 is 10.2 Å². The molecule has 31 heavy (non-hydrogen) atoms. The maximum atomic E-state index is 13.4. The van der Waals surface area contributed by atoms with Crippen LogP contribution in [0.2, 0.25) is 0 Å². The Morgan fingerprint density at radius 3 is 2.48 bits per heavy atom. The molecule has 2 atom stereocenters. The van der Waals surface area contributed by atoms with Crippen molar-refractivity contribution in [2.45, 2.75) is 50.5 Å². The minimum absolute atomic E-state index is 0.145. The van der Waals surface area contributed by atoms with Gasteiger partial charge in [0.2, 0.25) is 5.91 Å². The summed E-state index contributed by atoms with van der Waals surface area (Å²) < 4.78 is 26.0. The summed E-state index contributed by atoms with van der Waals surface area (Å²) in [6, 6.07) is 15.6. The average Bonchev–Trinajstić information content (AvgIpc) is 2.85. The van der Waals surface area contributed by atoms with E-state index in [1.54, 1.807) is 25.1 Å². The SMILES string of the molecule is CC[C@@H](C)C(=O)NC1CS(=O)(=O)c2ccccc2N(CCCCc2ccccc2)C1=O. The van der Waals surface area contributed by atoms with Gasteiger partial charge in [0, 0.05) is 12.5 Å². The Bertz CT molecular complexity index is 1020. The molecule has 7 heteroatoms. The minimum Gasteiger partial charge on any atom is -0.343 e. The number of aryl methyl sites for hydroxylation is 1. The number of anilines is 1. The van der Waals surface area contributed by atoms with E-state index >= 15 is 0 Å². The Balaban J connectivity index is 1.81. The quantitative estimate of drug-likeness (QED) is 0.636. The molecule has 1 aliphatic heterocycles. The molecule has 0 saturated carbocycles. The maximum absolute atomic E-state index is 13.4. The fourth-order valence-corrected chi connectivity index (χ4v) is 5.33. The number of benzene rings is 2. The maximum Gasteiger partial charge on any atom is 0.250 e. The van der Waals surface area contributed by atoms with Gasteiger partial charge >= 0.3 is 0 Å². The molecular weight excluding hydrogens is 412 g/mol. The summed E-state index contributed by atoms with van der Waals surface area (Å²) >= 11 is 0. The molecule has 0 aliphatic carbocycles. The first-order valence-electron chi connectivity index (χ1n) is 10.8. The van der Waals surface area contributed by atoms with Crippen molar-refractivity contribution >= 4 is 27.3 Å². The molecule has 1 unspecified atom stereocenters. The second-order valence-corrected chi connectivity index (χ2v) is 10.1. The van der Waals surface area contributed by atoms with E-state index < -0.39 is 21.6 Å². The highest BCUT2D eigenvalue weighted by molar-refractivity contribution is 7.91. The van der Waals surface area contributed by atoms with Gasteiger partial charge in [-0.2, -0.15) is 0 Å². The average molecular weight is 443 g/mol. The second-order valence-electron chi connectivity index (χ2n) is 8.05. The number of carbonyl (C=O) groups is 2. The van der Waals surface area contributed by atoms with E-state index in [4.69, 9.17) is 0 Å². The van der Waals surface area contributed by atoms with E-state index in [1.807, 2.05) is 25.1 Å². The number of para-hydroxylation sites is 1. The zero-order chi connectivity index (χ0) is 22.4. The molecule has 0 saturated heterocycles. The molecule has 0 aromatic heterocycles. The monoisotopic (exact) mass is 442 g/mol. The van der Waals surface area contributed by atoms with Gasteiger partial charge in [0.15, 0.2) is 9.84 Å². The van der Waals surface area contributed by atoms with Crippen LogP contribution in [-0.4, -0.2) is 38.6 Å². The molecular formula is C24H30N2O4S. The van der Waals surface area contributed by atoms with Gasteiger partial charge in [-0.3, -0.25) is 9.59 Å². The van der Waals surface area contributed by atoms with Gasteiger partial charge in [0.1, 0.15) is 6.04 Å². The third-order valence-corrected chi connectivity index (χ3v) is 7.55. The molecule has 0 spiro atoms. The van der Waals surface area contributed by atoms with Crippen molar-refractivity contribution in [2.75, 3.05) is 17.2 Å². The van der Waals surface area contributed by atoms with Crippen LogP contribution in [0.5, 0.6) is 0 Å². The number of nitrogens with zero attached hydrogens (tertiary/aromatic N) is 1. The first kappa shape index (κ1) is 23.0. The first-order chi connectivity index (χ1) is 14.8. The molecule has 3 rings (SSSR count). The van der Waals surface area contributed by atoms with Gasteiger partial charge in [0.25, 0.3) is 5.91 Å². The van der Waals surface area contributed by atoms with Crippen LogP contribution in [0.4, 0.5) is 5.69 Å². The predicted octanol–water partition coefficient (Wildman–Crippen LogP) is 3.36. The fourth-order valence-electron chi connectivity index (χ4n) is 3.71. The Labute approximate surface area is 184 Å². The van der Waals surface area contributed by atoms with Crippen LogP contribution >= 0.6 is 0 Å². The summed E-state index contributed by atoms with van der Waals surface area (Å²) in [5.41, 5.74) is 1.62. The van der Waals surface area contributed by atoms with Crippen LogP contribution in [0.1, 0.15) is 38.7 Å². The van der Waals surface area contributed by atoms with Crippen molar-refractivity contribution in [1.29, 1.82) is 0 Å². The number of sulfone groups is 1. The molecule has 1 aliphatic rings. The van der Waals surface area contributed by atoms with Gasteiger partial charge < -0.3 is 10.2 Å². The van der Waals surface area contributed by atoms with Crippen LogP contribution in [-0.2, 0) is 25.8 Å². The van der Waals surface area contributed by atoms with E-state index in [0.29, 0.717) is 18.7 Å². The van der Waals surface area contributed by atoms with E-state index in [2.05, 4.69) is 17.4 Å². The molecule has 166 valence electrons. The number of fused-ring (bicyclic) bond motifs is 1. The van der Waals surface area contributed by atoms with Gasteiger partial charge in [0.05, 0.1) is 16.3 Å². The molecule has 2 amide bonds. The standard InChI is InChI=1S/C24H30N2O4S/c1-3-18(2)23(27)25-20-17-31(29,30)22-15-8-7-14-21(22)26(24(20)28)16-10-9-13-19-11-5-4-6-12-19/h4-8,11-12,14-15,18,20H,3,9-10,13,16-17H2,1-2H3,(H,25,27)/t18-,20?/m1/s1. The summed E-state index contributed by atoms with van der Waals surface area (Å²) in [4.78, 5) is 27.5. The molecule has 0 fully saturated rings. The highest BCUT2D eigenvalue weighted by atomic mass is 32.2. The number of hydrogen-bond donors (Lipinski definition) is 1. The van der Waals surface area contributed by atoms with Gasteiger partial charge in [-0.1, -0.05) is 56.3 Å². The number of nitrogens with one attached hydrogen (secondary N) is 1. The van der Waals surface area contributed by atoms with Gasteiger partial charge in [-0.05, 0) is 43.4 Å². The molecule has 0 radical (unpaired) electrons. The third kappa shape index (κ3) is 5.53. The molecule has 2 aromatic rings. The lowest BCUT2D eigenvalue weighted by Gasteiger charge is -2.26. The minimum atomic E-state index is -3.72. The molecule has 1 heterocycles. The highest BCUT2D eigenvalue weighted by Gasteiger charge is 2.38. The van der Waals surface area contributed by atoms with Crippen molar-refractivity contribution in [2.24, 2.45) is 5.92 Å². The van der Waals surface area contributed by atoms with Gasteiger partial charge in [-0.15, -0.1) is 0 Å². The highest BCUT2D eigenvalue weighted by Crippen LogP contribution is 2.30. The third-order valence-electron chi connectivity index (χ3n) is 5.76. The predicted molar refractivity (Wildman–Crippen MR) is 122 cm³/mol. The Kier molecular flexibility index (Phi) is 7.49. The topological polar surface area (TPSA) is 83.6 Å². The van der Waals surface area contributed by atoms with Crippen molar-refractivity contribution in [3.05, 3.63) is 60.2 Å². The Hall–Kier alpha value is -2.67. The smallest absolute Gasteiger partial charge is 0.250 e. The number of rotatable bonds is 8. The molecule has 2 aromatic carbocycles. The van der Waals surface area contributed by atoms with Crippen molar-refractivity contribution in [1.82, 2.24) is 5.32 Å². The van der Waals surface area contributed by atoms with Crippen LogP contribution in [0.3, 0.4) is 0 Å². The number of amides is 2. The summed E-state index contributed by atoms with van der Waals surface area (Å²) in [6.07, 6.45) is 3.09. The van der Waals surface area contributed by atoms with E-state index in [-0.39, 0.29) is 22.6 Å². The van der Waals surface area contributed by atoms with E-state index in [9.17, 15) is 18.0 Å². The normalized spacial score (nSPS) is 18.7. The Morgan fingerprint density at radius 1 is 1.10 bits per heavy atom. The van der Waals surface area contributed by atoms with E-state index in [0.717, 1.165) is 19.3 Å². The fraction of sp³-hybridized carbons (Fsp3) is 0.417. The summed E-state index contributed by atoms with van der Waals surface area (Å²) in [6.45, 7) is 4.04. The van der Waals surface area contributed by atoms with Crippen molar-refractivity contribution in [3.63, 3.8) is 0 Å². The lowest BCUT2D eigenvalue weighted by atomic mass is 10.1. The first-order valence-corrected chi connectivity index (χ1v) is 12.5. The van der Waals surface area contributed by atoms with Crippen LogP contribution in [0.15, 0.2) is 59.5 Å². The van der Waals surface area contributed by atoms with Gasteiger partial charge in [-0.25, -0.2) is 8.42 Å². The number of hydrogen-bond acceptors (Lipinski definition) is 4. The summed E-state index contributed by atoms with van der Waals surface area (Å²) in [7, 11) is -3.72. The van der Waals surface area contributed by atoms with Crippen LogP contribution in [0, 0.1) is 5.92 Å². The molecule has 0 bridgehead atoms. The summed E-state index contributed by atoms with van der Waals surface area (Å²) in [5, 5.41) is 2.69. The van der Waals surface area contributed by atoms with Crippen LogP contribution in [0.25, 0.3) is 0 Å². The largest absolute Gasteiger partial charge is 0.343 e. The Morgan fingerprint density at radius 2 is 1.77 bits per heavy atom. The second kappa shape index (κ2) is 10.1. The number of carbonyl (C=O) groups excluding carboxylic acids is 2. The number of unbranched alkanes of at least 4 members (excludes halogenated alkanes) is 1. The lowest BCUT2D eigenvalue weighted by molar-refractivity contribution is -0.129. The molecule has 1 N–H and O–H groups in total. The molecule has 6 nitrogen and oxygen atoms in total. The van der Waals surface area contributed by atoms with Crippen molar-refractivity contribution in [3.8, 4) is 0 Å². The van der Waals surface area contributed by atoms with Crippen molar-refractivity contribution < 1.29 is 18.0 Å². The van der Waals surface area contributed by atoms with E-state index in [1.165, 1.54) is 16.5 Å². The zero-order valence-electron chi connectivity index (χ0n) is 18.1.